The standard InChI is InChI=1S/C7H12NO/c1-3-4-5-6-7-8-9-2/h5-7H,1,3-4H2,2H3/b6-5+,8-7-. The van der Waals surface area contributed by atoms with E-state index < -0.39 is 0 Å². The van der Waals surface area contributed by atoms with Crippen LogP contribution < -0.4 is 0 Å². The number of nitrogens with zero attached hydrogens (tertiary/aromatic N) is 1. The van der Waals surface area contributed by atoms with Crippen LogP contribution in [-0.4, -0.2) is 13.3 Å². The highest BCUT2D eigenvalue weighted by molar-refractivity contribution is 5.70. The summed E-state index contributed by atoms with van der Waals surface area (Å²) in [6.45, 7) is 3.68. The van der Waals surface area contributed by atoms with Gasteiger partial charge < -0.3 is 4.84 Å². The first-order valence-corrected chi connectivity index (χ1v) is 2.92. The van der Waals surface area contributed by atoms with Crippen molar-refractivity contribution >= 4 is 6.21 Å². The van der Waals surface area contributed by atoms with Gasteiger partial charge in [-0.2, -0.15) is 0 Å². The normalized spacial score (nSPS) is 11.3. The lowest BCUT2D eigenvalue weighted by Crippen LogP contribution is -1.68. The molecule has 0 aromatic heterocycles. The van der Waals surface area contributed by atoms with Crippen LogP contribution in [0.15, 0.2) is 17.3 Å². The maximum absolute atomic E-state index is 4.42. The first kappa shape index (κ1) is 8.21. The van der Waals surface area contributed by atoms with E-state index in [0.29, 0.717) is 0 Å². The molecule has 2 nitrogen and oxygen atoms in total. The van der Waals surface area contributed by atoms with Crippen molar-refractivity contribution in [3.05, 3.63) is 19.1 Å². The van der Waals surface area contributed by atoms with E-state index in [9.17, 15) is 0 Å². The summed E-state index contributed by atoms with van der Waals surface area (Å²) < 4.78 is 0. The van der Waals surface area contributed by atoms with Gasteiger partial charge in [-0.05, 0) is 18.9 Å². The van der Waals surface area contributed by atoms with Gasteiger partial charge in [-0.1, -0.05) is 18.2 Å². The molecule has 0 amide bonds. The minimum Gasteiger partial charge on any atom is -0.399 e. The van der Waals surface area contributed by atoms with Crippen LogP contribution in [-0.2, 0) is 4.84 Å². The van der Waals surface area contributed by atoms with Crippen molar-refractivity contribution in [2.24, 2.45) is 5.16 Å². The number of oxime groups is 1. The first-order valence-electron chi connectivity index (χ1n) is 2.92. The summed E-state index contributed by atoms with van der Waals surface area (Å²) in [5.74, 6) is 0. The van der Waals surface area contributed by atoms with Gasteiger partial charge in [-0.15, -0.1) is 0 Å². The fraction of sp³-hybridized carbons (Fsp3) is 0.429. The molecule has 0 rings (SSSR count). The predicted molar refractivity (Wildman–Crippen MR) is 39.2 cm³/mol. The van der Waals surface area contributed by atoms with E-state index in [1.54, 1.807) is 6.21 Å². The zero-order valence-corrected chi connectivity index (χ0v) is 5.71. The molecule has 0 saturated heterocycles. The van der Waals surface area contributed by atoms with Crippen LogP contribution in [0.5, 0.6) is 0 Å². The summed E-state index contributed by atoms with van der Waals surface area (Å²) in [6.07, 6.45) is 7.37. The zero-order valence-electron chi connectivity index (χ0n) is 5.71. The van der Waals surface area contributed by atoms with Gasteiger partial charge in [0.05, 0.1) is 6.21 Å². The third-order valence-electron chi connectivity index (χ3n) is 0.759. The van der Waals surface area contributed by atoms with E-state index in [4.69, 9.17) is 0 Å². The Balaban J connectivity index is 3.13. The Labute approximate surface area is 56.2 Å². The average Bonchev–Trinajstić information content (AvgIpc) is 1.89. The molecule has 0 aromatic rings. The second-order valence-electron chi connectivity index (χ2n) is 1.51. The molecule has 2 heteroatoms. The maximum Gasteiger partial charge on any atom is 0.106 e. The van der Waals surface area contributed by atoms with Crippen molar-refractivity contribution in [3.8, 4) is 0 Å². The van der Waals surface area contributed by atoms with E-state index in [1.165, 1.54) is 7.11 Å². The van der Waals surface area contributed by atoms with Crippen LogP contribution in [0.3, 0.4) is 0 Å². The topological polar surface area (TPSA) is 21.6 Å². The fourth-order valence-electron chi connectivity index (χ4n) is 0.371. The molecule has 1 radical (unpaired) electrons. The second kappa shape index (κ2) is 7.21. The molecular weight excluding hydrogens is 114 g/mol. The second-order valence-corrected chi connectivity index (χ2v) is 1.51. The highest BCUT2D eigenvalue weighted by atomic mass is 16.6. The summed E-state index contributed by atoms with van der Waals surface area (Å²) in [6, 6.07) is 0. The molecule has 9 heavy (non-hydrogen) atoms. The zero-order chi connectivity index (χ0) is 6.95. The van der Waals surface area contributed by atoms with Gasteiger partial charge in [0.25, 0.3) is 0 Å². The smallest absolute Gasteiger partial charge is 0.106 e. The molecule has 0 saturated carbocycles. The van der Waals surface area contributed by atoms with Gasteiger partial charge >= 0.3 is 0 Å². The monoisotopic (exact) mass is 126 g/mol. The molecule has 0 spiro atoms. The van der Waals surface area contributed by atoms with Crippen molar-refractivity contribution in [2.45, 2.75) is 12.8 Å². The fourth-order valence-corrected chi connectivity index (χ4v) is 0.371. The minimum absolute atomic E-state index is 0.928. The summed E-state index contributed by atoms with van der Waals surface area (Å²) in [5.41, 5.74) is 0. The number of allylic oxidation sites excluding steroid dienone is 2. The first-order chi connectivity index (χ1) is 4.41. The van der Waals surface area contributed by atoms with E-state index in [-0.39, 0.29) is 0 Å². The lowest BCUT2D eigenvalue weighted by Gasteiger charge is -1.81. The Morgan fingerprint density at radius 1 is 1.67 bits per heavy atom. The van der Waals surface area contributed by atoms with E-state index in [1.807, 2.05) is 12.2 Å². The summed E-state index contributed by atoms with van der Waals surface area (Å²) >= 11 is 0. The lowest BCUT2D eigenvalue weighted by atomic mass is 10.3. The predicted octanol–water partition coefficient (Wildman–Crippen LogP) is 1.79. The summed E-state index contributed by atoms with van der Waals surface area (Å²) in [5, 5.41) is 3.51. The molecule has 51 valence electrons. The Bertz CT molecular complexity index is 97.1. The Morgan fingerprint density at radius 3 is 3.00 bits per heavy atom. The van der Waals surface area contributed by atoms with E-state index >= 15 is 0 Å². The van der Waals surface area contributed by atoms with Crippen LogP contribution >= 0.6 is 0 Å². The van der Waals surface area contributed by atoms with Crippen molar-refractivity contribution in [2.75, 3.05) is 7.11 Å². The molecule has 0 unspecified atom stereocenters. The molecule has 0 aliphatic rings. The van der Waals surface area contributed by atoms with E-state index in [0.717, 1.165) is 12.8 Å². The summed E-state index contributed by atoms with van der Waals surface area (Å²) in [4.78, 5) is 4.42. The van der Waals surface area contributed by atoms with Gasteiger partial charge in [-0.25, -0.2) is 0 Å². The van der Waals surface area contributed by atoms with Crippen LogP contribution in [0.4, 0.5) is 0 Å². The van der Waals surface area contributed by atoms with Crippen LogP contribution in [0.2, 0.25) is 0 Å². The third kappa shape index (κ3) is 7.21. The number of rotatable bonds is 4. The minimum atomic E-state index is 0.928. The Hall–Kier alpha value is -0.790. The van der Waals surface area contributed by atoms with Crippen LogP contribution in [0, 0.1) is 6.92 Å². The molecule has 0 aliphatic carbocycles. The largest absolute Gasteiger partial charge is 0.399 e. The molecule has 0 N–H and O–H groups in total. The van der Waals surface area contributed by atoms with Gasteiger partial charge in [-0.3, -0.25) is 0 Å². The van der Waals surface area contributed by atoms with Crippen molar-refractivity contribution < 1.29 is 4.84 Å². The lowest BCUT2D eigenvalue weighted by molar-refractivity contribution is 0.215. The maximum atomic E-state index is 4.42. The molecule has 0 aromatic carbocycles. The highest BCUT2D eigenvalue weighted by Crippen LogP contribution is 1.85. The molecule has 0 heterocycles. The number of hydrogen-bond donors (Lipinski definition) is 0. The Kier molecular flexibility index (Phi) is 6.58. The molecule has 0 aliphatic heterocycles. The number of hydrogen-bond acceptors (Lipinski definition) is 2. The molecule has 0 atom stereocenters. The average molecular weight is 126 g/mol. The van der Waals surface area contributed by atoms with Gasteiger partial charge in [0.2, 0.25) is 0 Å². The van der Waals surface area contributed by atoms with Crippen molar-refractivity contribution in [3.63, 3.8) is 0 Å². The molecular formula is C7H12NO. The van der Waals surface area contributed by atoms with Crippen molar-refractivity contribution in [1.29, 1.82) is 0 Å². The summed E-state index contributed by atoms with van der Waals surface area (Å²) in [7, 11) is 1.52. The van der Waals surface area contributed by atoms with Crippen molar-refractivity contribution in [1.82, 2.24) is 0 Å². The van der Waals surface area contributed by atoms with Crippen LogP contribution in [0.1, 0.15) is 12.8 Å². The highest BCUT2D eigenvalue weighted by Gasteiger charge is 1.68. The van der Waals surface area contributed by atoms with Gasteiger partial charge in [0, 0.05) is 0 Å². The molecule has 0 bridgehead atoms. The Morgan fingerprint density at radius 2 is 2.44 bits per heavy atom. The van der Waals surface area contributed by atoms with Gasteiger partial charge in [0.15, 0.2) is 0 Å². The quantitative estimate of drug-likeness (QED) is 0.415. The third-order valence-corrected chi connectivity index (χ3v) is 0.759. The number of unbranched alkanes of at least 4 members (excludes halogenated alkanes) is 1. The SMILES string of the molecule is [CH2]CC/C=C/C=N\OC. The van der Waals surface area contributed by atoms with Gasteiger partial charge in [0.1, 0.15) is 7.11 Å². The van der Waals surface area contributed by atoms with Crippen LogP contribution in [0.25, 0.3) is 0 Å². The van der Waals surface area contributed by atoms with E-state index in [2.05, 4.69) is 16.9 Å². The molecule has 0 fully saturated rings.